The van der Waals surface area contributed by atoms with Crippen molar-refractivity contribution in [2.45, 2.75) is 172 Å². The first-order valence-electron chi connectivity index (χ1n) is 17.5. The largest absolute Gasteiger partial charge is 0.139 e. The molecule has 3 aromatic rings. The predicted molar refractivity (Wildman–Crippen MR) is 203 cm³/mol. The summed E-state index contributed by atoms with van der Waals surface area (Å²) in [4.78, 5) is 1.55. The van der Waals surface area contributed by atoms with Gasteiger partial charge < -0.3 is 0 Å². The van der Waals surface area contributed by atoms with Gasteiger partial charge in [-0.25, -0.2) is 0 Å². The molecule has 0 N–H and O–H groups in total. The topological polar surface area (TPSA) is 0 Å². The van der Waals surface area contributed by atoms with Crippen LogP contribution in [0, 0.1) is 16.2 Å². The molecule has 0 spiro atoms. The molecule has 1 heteroatoms. The van der Waals surface area contributed by atoms with Crippen molar-refractivity contribution in [3.05, 3.63) is 70.1 Å². The van der Waals surface area contributed by atoms with Crippen LogP contribution < -0.4 is 0 Å². The number of rotatable bonds is 1. The molecule has 1 saturated carbocycles. The second-order valence-corrected chi connectivity index (χ2v) is 20.0. The lowest BCUT2D eigenvalue weighted by Gasteiger charge is -2.56. The van der Waals surface area contributed by atoms with Gasteiger partial charge in [0.05, 0.1) is 0 Å². The van der Waals surface area contributed by atoms with Crippen LogP contribution in [-0.2, 0) is 16.2 Å². The van der Waals surface area contributed by atoms with E-state index in [2.05, 4.69) is 166 Å². The van der Waals surface area contributed by atoms with Crippen LogP contribution >= 0.6 is 11.3 Å². The number of benzene rings is 2. The van der Waals surface area contributed by atoms with Crippen molar-refractivity contribution in [1.82, 2.24) is 0 Å². The molecular formula is C43H70S. The number of thiophene rings is 1. The second kappa shape index (κ2) is 14.0. The van der Waals surface area contributed by atoms with Crippen molar-refractivity contribution in [2.75, 3.05) is 0 Å². The molecule has 0 nitrogen and oxygen atoms in total. The minimum atomic E-state index is 0.240. The van der Waals surface area contributed by atoms with Gasteiger partial charge in [-0.15, -0.1) is 11.3 Å². The Morgan fingerprint density at radius 2 is 0.955 bits per heavy atom. The smallest absolute Gasteiger partial charge is 0.0348 e. The van der Waals surface area contributed by atoms with Crippen LogP contribution in [0.2, 0.25) is 0 Å². The normalized spacial score (nSPS) is 16.2. The summed E-state index contributed by atoms with van der Waals surface area (Å²) >= 11 is 1.96. The zero-order valence-electron chi connectivity index (χ0n) is 32.1. The van der Waals surface area contributed by atoms with Gasteiger partial charge in [0.15, 0.2) is 0 Å². The minimum Gasteiger partial charge on any atom is -0.139 e. The highest BCUT2D eigenvalue weighted by molar-refractivity contribution is 7.19. The molecule has 0 bridgehead atoms. The molecule has 0 saturated heterocycles. The van der Waals surface area contributed by atoms with Crippen LogP contribution in [0.15, 0.2) is 48.5 Å². The summed E-state index contributed by atoms with van der Waals surface area (Å²) in [6.45, 7) is 39.8. The summed E-state index contributed by atoms with van der Waals surface area (Å²) in [5, 5.41) is 1.45. The zero-order valence-corrected chi connectivity index (χ0v) is 33.0. The van der Waals surface area contributed by atoms with Gasteiger partial charge in [0, 0.05) is 9.58 Å². The van der Waals surface area contributed by atoms with E-state index in [4.69, 9.17) is 0 Å². The summed E-state index contributed by atoms with van der Waals surface area (Å²) in [5.41, 5.74) is 6.67. The van der Waals surface area contributed by atoms with Gasteiger partial charge in [0.25, 0.3) is 0 Å². The fourth-order valence-corrected chi connectivity index (χ4v) is 9.18. The molecule has 0 amide bonds. The third-order valence-corrected chi connectivity index (χ3v) is 11.6. The third kappa shape index (κ3) is 9.24. The molecule has 0 radical (unpaired) electrons. The molecule has 1 heterocycles. The highest BCUT2D eigenvalue weighted by Gasteiger charge is 2.50. The molecule has 44 heavy (non-hydrogen) atoms. The molecule has 1 aliphatic rings. The molecule has 0 aliphatic heterocycles. The van der Waals surface area contributed by atoms with Crippen molar-refractivity contribution in [3.8, 4) is 0 Å². The average molecular weight is 619 g/mol. The highest BCUT2D eigenvalue weighted by atomic mass is 32.1. The van der Waals surface area contributed by atoms with Gasteiger partial charge in [0.1, 0.15) is 0 Å². The highest BCUT2D eigenvalue weighted by Crippen LogP contribution is 2.59. The standard InChI is InChI=1S/C15H20S.C14H22.C14H28/c1-10(2)13-11-8-6-7-9-12(11)16-14(13)15(3,4)5;1-13(2,3)11-9-7-8-10-12(11)14(4,5)6;1-12(2,3)14(13(4,5)6)10-8-7-9-11-14/h6-10H,1-5H3;7-10H,1-6H3;7-11H2,1-6H3. The van der Waals surface area contributed by atoms with Crippen LogP contribution in [-0.4, -0.2) is 0 Å². The Kier molecular flexibility index (Phi) is 12.3. The van der Waals surface area contributed by atoms with Gasteiger partial charge in [-0.1, -0.05) is 179 Å². The van der Waals surface area contributed by atoms with E-state index in [0.29, 0.717) is 22.2 Å². The van der Waals surface area contributed by atoms with Crippen LogP contribution in [0.4, 0.5) is 0 Å². The summed E-state index contributed by atoms with van der Waals surface area (Å²) in [6, 6.07) is 17.5. The van der Waals surface area contributed by atoms with E-state index in [1.165, 1.54) is 53.3 Å². The molecule has 1 fully saturated rings. The molecule has 1 aliphatic carbocycles. The maximum atomic E-state index is 2.43. The van der Waals surface area contributed by atoms with Crippen LogP contribution in [0.3, 0.4) is 0 Å². The van der Waals surface area contributed by atoms with E-state index in [0.717, 1.165) is 0 Å². The molecular weight excluding hydrogens is 549 g/mol. The van der Waals surface area contributed by atoms with Crippen molar-refractivity contribution < 1.29 is 0 Å². The monoisotopic (exact) mass is 619 g/mol. The second-order valence-electron chi connectivity index (χ2n) is 18.9. The van der Waals surface area contributed by atoms with E-state index in [-0.39, 0.29) is 16.2 Å². The quantitative estimate of drug-likeness (QED) is 0.254. The Morgan fingerprint density at radius 3 is 1.30 bits per heavy atom. The minimum absolute atomic E-state index is 0.240. The van der Waals surface area contributed by atoms with Crippen LogP contribution in [0.25, 0.3) is 10.1 Å². The number of fused-ring (bicyclic) bond motifs is 1. The van der Waals surface area contributed by atoms with E-state index < -0.39 is 0 Å². The Balaban J connectivity index is 0.000000231. The SMILES string of the molecule is CC(C)(C)C1(C(C)(C)C)CCCCC1.CC(C)(C)c1ccccc1C(C)(C)C.CC(C)c1c(C(C)(C)C)sc2ccccc12. The lowest BCUT2D eigenvalue weighted by atomic mass is 9.49. The molecule has 1 aromatic heterocycles. The Hall–Kier alpha value is -1.60. The summed E-state index contributed by atoms with van der Waals surface area (Å²) in [5.74, 6) is 0.602. The molecule has 0 unspecified atom stereocenters. The van der Waals surface area contributed by atoms with E-state index in [9.17, 15) is 0 Å². The average Bonchev–Trinajstić information content (AvgIpc) is 3.29. The first-order valence-corrected chi connectivity index (χ1v) is 18.3. The van der Waals surface area contributed by atoms with Crippen molar-refractivity contribution in [2.24, 2.45) is 16.2 Å². The zero-order chi connectivity index (χ0) is 33.9. The molecule has 2 aromatic carbocycles. The lowest BCUT2D eigenvalue weighted by molar-refractivity contribution is -0.0638. The molecule has 0 atom stereocenters. The Bertz CT molecular complexity index is 1260. The molecule has 248 valence electrons. The van der Waals surface area contributed by atoms with Crippen molar-refractivity contribution >= 4 is 21.4 Å². The fraction of sp³-hybridized carbons (Fsp3) is 0.674. The van der Waals surface area contributed by atoms with Crippen molar-refractivity contribution in [3.63, 3.8) is 0 Å². The van der Waals surface area contributed by atoms with Gasteiger partial charge >= 0.3 is 0 Å². The van der Waals surface area contributed by atoms with E-state index in [1.807, 2.05) is 11.3 Å². The number of hydrogen-bond donors (Lipinski definition) is 0. The maximum absolute atomic E-state index is 2.43. The Labute approximate surface area is 278 Å². The van der Waals surface area contributed by atoms with Gasteiger partial charge in [0.2, 0.25) is 0 Å². The summed E-state index contributed by atoms with van der Waals surface area (Å²) < 4.78 is 1.43. The number of hydrogen-bond acceptors (Lipinski definition) is 1. The van der Waals surface area contributed by atoms with Crippen LogP contribution in [0.5, 0.6) is 0 Å². The van der Waals surface area contributed by atoms with E-state index >= 15 is 0 Å². The van der Waals surface area contributed by atoms with E-state index in [1.54, 1.807) is 10.4 Å². The first-order chi connectivity index (χ1) is 19.8. The third-order valence-electron chi connectivity index (χ3n) is 10.0. The summed E-state index contributed by atoms with van der Waals surface area (Å²) in [6.07, 6.45) is 7.19. The predicted octanol–water partition coefficient (Wildman–Crippen LogP) is 14.6. The van der Waals surface area contributed by atoms with Crippen LogP contribution in [0.1, 0.15) is 177 Å². The maximum Gasteiger partial charge on any atom is 0.0348 e. The summed E-state index contributed by atoms with van der Waals surface area (Å²) in [7, 11) is 0. The van der Waals surface area contributed by atoms with Gasteiger partial charge in [-0.3, -0.25) is 0 Å². The molecule has 4 rings (SSSR count). The first kappa shape index (κ1) is 38.6. The van der Waals surface area contributed by atoms with Gasteiger partial charge in [-0.2, -0.15) is 0 Å². The Morgan fingerprint density at radius 1 is 0.545 bits per heavy atom. The lowest BCUT2D eigenvalue weighted by Crippen LogP contribution is -2.47. The van der Waals surface area contributed by atoms with Gasteiger partial charge in [-0.05, 0) is 79.4 Å². The van der Waals surface area contributed by atoms with Crippen molar-refractivity contribution in [1.29, 1.82) is 0 Å². The fourth-order valence-electron chi connectivity index (χ4n) is 7.77.